The van der Waals surface area contributed by atoms with Gasteiger partial charge in [0, 0.05) is 33.8 Å². The van der Waals surface area contributed by atoms with E-state index in [1.54, 1.807) is 0 Å². The molecule has 0 N–H and O–H groups in total. The molecule has 1 fully saturated rings. The number of hydrogen-bond acceptors (Lipinski definition) is 4. The summed E-state index contributed by atoms with van der Waals surface area (Å²) in [6.07, 6.45) is 1.30. The topological polar surface area (TPSA) is 52.6 Å². The number of hydrogen-bond donors (Lipinski definition) is 0. The van der Waals surface area contributed by atoms with Crippen LogP contribution in [0.3, 0.4) is 0 Å². The van der Waals surface area contributed by atoms with Gasteiger partial charge in [-0.25, -0.2) is 8.42 Å². The summed E-state index contributed by atoms with van der Waals surface area (Å²) in [5.41, 5.74) is 0.614. The maximum Gasteiger partial charge on any atom is 0.233 e. The van der Waals surface area contributed by atoms with Crippen LogP contribution < -0.4 is 0 Å². The van der Waals surface area contributed by atoms with Crippen molar-refractivity contribution in [1.29, 1.82) is 0 Å². The number of benzene rings is 1. The van der Waals surface area contributed by atoms with Gasteiger partial charge in [0.15, 0.2) is 0 Å². The molecule has 0 spiro atoms. The molecule has 118 valence electrons. The van der Waals surface area contributed by atoms with Crippen molar-refractivity contribution < 1.29 is 17.9 Å². The molecule has 1 heterocycles. The van der Waals surface area contributed by atoms with Crippen LogP contribution in [0.2, 0.25) is 0 Å². The Bertz CT molecular complexity index is 553. The molecule has 1 aromatic carbocycles. The van der Waals surface area contributed by atoms with Gasteiger partial charge >= 0.3 is 0 Å². The van der Waals surface area contributed by atoms with E-state index in [1.807, 2.05) is 24.3 Å². The first-order valence-electron chi connectivity index (χ1n) is 6.71. The predicted molar refractivity (Wildman–Crippen MR) is 85.9 cm³/mol. The van der Waals surface area contributed by atoms with Crippen molar-refractivity contribution >= 4 is 35.7 Å². The smallest absolute Gasteiger partial charge is 0.233 e. The zero-order valence-electron chi connectivity index (χ0n) is 11.6. The van der Waals surface area contributed by atoms with E-state index < -0.39 is 14.5 Å². The Hall–Kier alpha value is -0.140. The summed E-state index contributed by atoms with van der Waals surface area (Å²) in [5, 5.41) is 0. The second-order valence-corrected chi connectivity index (χ2v) is 9.11. The first-order chi connectivity index (χ1) is 9.89. The molecule has 0 aliphatic carbocycles. The highest BCUT2D eigenvalue weighted by Crippen LogP contribution is 2.33. The fraction of sp³-hybridized carbons (Fsp3) is 0.571. The van der Waals surface area contributed by atoms with Crippen molar-refractivity contribution in [2.24, 2.45) is 5.41 Å². The molecule has 0 bridgehead atoms. The monoisotopic (exact) mass is 396 g/mol. The van der Waals surface area contributed by atoms with E-state index in [-0.39, 0.29) is 5.75 Å². The molecule has 1 aliphatic heterocycles. The predicted octanol–water partition coefficient (Wildman–Crippen LogP) is 3.33. The average molecular weight is 398 g/mol. The Balaban J connectivity index is 1.94. The summed E-state index contributed by atoms with van der Waals surface area (Å²) >= 11 is 3.38. The molecule has 4 nitrogen and oxygen atoms in total. The molecule has 1 aliphatic rings. The second kappa shape index (κ2) is 7.42. The van der Waals surface area contributed by atoms with Crippen LogP contribution >= 0.6 is 26.6 Å². The molecule has 1 saturated heterocycles. The lowest BCUT2D eigenvalue weighted by Crippen LogP contribution is -2.39. The summed E-state index contributed by atoms with van der Waals surface area (Å²) < 4.78 is 35.0. The lowest BCUT2D eigenvalue weighted by atomic mass is 9.83. The zero-order valence-corrected chi connectivity index (χ0v) is 14.7. The molecule has 0 atom stereocenters. The van der Waals surface area contributed by atoms with E-state index in [0.29, 0.717) is 39.3 Å². The van der Waals surface area contributed by atoms with Crippen molar-refractivity contribution in [3.8, 4) is 0 Å². The normalized spacial score (nSPS) is 18.6. The van der Waals surface area contributed by atoms with Crippen LogP contribution in [0.25, 0.3) is 0 Å². The van der Waals surface area contributed by atoms with Gasteiger partial charge in [0.1, 0.15) is 0 Å². The fourth-order valence-corrected chi connectivity index (χ4v) is 4.53. The summed E-state index contributed by atoms with van der Waals surface area (Å²) in [4.78, 5) is 0. The Labute approximate surface area is 138 Å². The number of ether oxygens (including phenoxy) is 2. The van der Waals surface area contributed by atoms with Gasteiger partial charge in [0.2, 0.25) is 9.05 Å². The third kappa shape index (κ3) is 5.87. The number of rotatable bonds is 6. The highest BCUT2D eigenvalue weighted by molar-refractivity contribution is 9.10. The molecule has 1 aromatic rings. The highest BCUT2D eigenvalue weighted by Gasteiger charge is 2.37. The summed E-state index contributed by atoms with van der Waals surface area (Å²) in [7, 11) is 1.89. The van der Waals surface area contributed by atoms with Gasteiger partial charge in [-0.15, -0.1) is 0 Å². The third-order valence-corrected chi connectivity index (χ3v) is 5.44. The first kappa shape index (κ1) is 17.2. The van der Waals surface area contributed by atoms with Crippen LogP contribution in [0.5, 0.6) is 0 Å². The van der Waals surface area contributed by atoms with Crippen LogP contribution in [-0.2, 0) is 25.1 Å². The standard InChI is InChI=1S/C14H18BrClO4S/c15-13-3-1-12(2-4-13)9-20-10-14(11-21(16,17)18)5-7-19-8-6-14/h1-4H,5-11H2. The molecule has 7 heteroatoms. The first-order valence-corrected chi connectivity index (χ1v) is 9.98. The van der Waals surface area contributed by atoms with Crippen molar-refractivity contribution in [2.45, 2.75) is 19.4 Å². The Morgan fingerprint density at radius 2 is 1.86 bits per heavy atom. The maximum absolute atomic E-state index is 11.4. The van der Waals surface area contributed by atoms with Crippen molar-refractivity contribution in [2.75, 3.05) is 25.6 Å². The summed E-state index contributed by atoms with van der Waals surface area (Å²) in [5.74, 6) is -0.0642. The van der Waals surface area contributed by atoms with E-state index in [1.165, 1.54) is 0 Å². The van der Waals surface area contributed by atoms with Gasteiger partial charge in [-0.05, 0) is 30.5 Å². The van der Waals surface area contributed by atoms with Gasteiger partial charge in [-0.1, -0.05) is 28.1 Å². The van der Waals surface area contributed by atoms with Crippen LogP contribution in [0.15, 0.2) is 28.7 Å². The van der Waals surface area contributed by atoms with E-state index in [9.17, 15) is 8.42 Å². The van der Waals surface area contributed by atoms with Crippen LogP contribution in [0.1, 0.15) is 18.4 Å². The minimum atomic E-state index is -3.55. The summed E-state index contributed by atoms with van der Waals surface area (Å²) in [6.45, 7) is 1.93. The van der Waals surface area contributed by atoms with Gasteiger partial charge in [-0.3, -0.25) is 0 Å². The van der Waals surface area contributed by atoms with Crippen molar-refractivity contribution in [3.05, 3.63) is 34.3 Å². The quantitative estimate of drug-likeness (QED) is 0.691. The van der Waals surface area contributed by atoms with Gasteiger partial charge in [0.05, 0.1) is 19.0 Å². The molecular weight excluding hydrogens is 380 g/mol. The van der Waals surface area contributed by atoms with Gasteiger partial charge in [0.25, 0.3) is 0 Å². The maximum atomic E-state index is 11.4. The molecule has 0 unspecified atom stereocenters. The minimum Gasteiger partial charge on any atom is -0.381 e. The van der Waals surface area contributed by atoms with E-state index in [0.717, 1.165) is 10.0 Å². The van der Waals surface area contributed by atoms with Crippen molar-refractivity contribution in [3.63, 3.8) is 0 Å². The van der Waals surface area contributed by atoms with Crippen LogP contribution in [-0.4, -0.2) is 34.0 Å². The minimum absolute atomic E-state index is 0.0642. The summed E-state index contributed by atoms with van der Waals surface area (Å²) in [6, 6.07) is 7.84. The molecule has 21 heavy (non-hydrogen) atoms. The fourth-order valence-electron chi connectivity index (χ4n) is 2.47. The second-order valence-electron chi connectivity index (χ2n) is 5.41. The molecule has 0 radical (unpaired) electrons. The zero-order chi connectivity index (χ0) is 15.3. The Kier molecular flexibility index (Phi) is 6.08. The lowest BCUT2D eigenvalue weighted by Gasteiger charge is -2.35. The highest BCUT2D eigenvalue weighted by atomic mass is 79.9. The van der Waals surface area contributed by atoms with E-state index >= 15 is 0 Å². The van der Waals surface area contributed by atoms with E-state index in [2.05, 4.69) is 15.9 Å². The number of halogens is 2. The Morgan fingerprint density at radius 3 is 2.43 bits per heavy atom. The molecule has 0 saturated carbocycles. The Morgan fingerprint density at radius 1 is 1.24 bits per heavy atom. The lowest BCUT2D eigenvalue weighted by molar-refractivity contribution is -0.0323. The SMILES string of the molecule is O=S(=O)(Cl)CC1(COCc2ccc(Br)cc2)CCOCC1. The largest absolute Gasteiger partial charge is 0.381 e. The molecular formula is C14H18BrClO4S. The van der Waals surface area contributed by atoms with E-state index in [4.69, 9.17) is 20.2 Å². The van der Waals surface area contributed by atoms with Crippen LogP contribution in [0, 0.1) is 5.41 Å². The third-order valence-electron chi connectivity index (χ3n) is 3.62. The molecule has 0 amide bonds. The molecule has 0 aromatic heterocycles. The molecule has 2 rings (SSSR count). The van der Waals surface area contributed by atoms with Crippen molar-refractivity contribution in [1.82, 2.24) is 0 Å². The van der Waals surface area contributed by atoms with Crippen LogP contribution in [0.4, 0.5) is 0 Å². The average Bonchev–Trinajstić information content (AvgIpc) is 2.40. The van der Waals surface area contributed by atoms with Gasteiger partial charge in [-0.2, -0.15) is 0 Å². The van der Waals surface area contributed by atoms with Gasteiger partial charge < -0.3 is 9.47 Å².